The lowest BCUT2D eigenvalue weighted by Gasteiger charge is -2.26. The van der Waals surface area contributed by atoms with Crippen molar-refractivity contribution in [3.8, 4) is 5.75 Å². The summed E-state index contributed by atoms with van der Waals surface area (Å²) in [4.78, 5) is 25.5. The van der Waals surface area contributed by atoms with E-state index < -0.39 is 15.9 Å². The minimum Gasteiger partial charge on any atom is -0.484 e. The molecule has 0 radical (unpaired) electrons. The predicted octanol–water partition coefficient (Wildman–Crippen LogP) is 4.52. The Labute approximate surface area is 262 Å². The summed E-state index contributed by atoms with van der Waals surface area (Å²) in [7, 11) is -4.02. The minimum absolute atomic E-state index is 0.0244. The maximum Gasteiger partial charge on any atom is 0.273 e. The van der Waals surface area contributed by atoms with Crippen molar-refractivity contribution < 1.29 is 27.5 Å². The van der Waals surface area contributed by atoms with Crippen molar-refractivity contribution in [1.82, 2.24) is 10.7 Å². The molecule has 1 atom stereocenters. The maximum atomic E-state index is 13.8. The van der Waals surface area contributed by atoms with Gasteiger partial charge in [0, 0.05) is 13.2 Å². The van der Waals surface area contributed by atoms with E-state index in [-0.39, 0.29) is 41.3 Å². The van der Waals surface area contributed by atoms with Crippen molar-refractivity contribution in [3.05, 3.63) is 126 Å². The SMILES string of the molecule is O=C(COc1ccc(/C=N\NC(=O)c2ccccc2N(Cc2ccccc2)S(=O)(=O)c2ccccc2)cc1)NC[C@H]1CCCO1. The predicted molar refractivity (Wildman–Crippen MR) is 172 cm³/mol. The van der Waals surface area contributed by atoms with Crippen molar-refractivity contribution in [2.45, 2.75) is 30.4 Å². The molecule has 0 aliphatic carbocycles. The van der Waals surface area contributed by atoms with Crippen LogP contribution >= 0.6 is 0 Å². The Morgan fingerprint density at radius 3 is 2.31 bits per heavy atom. The maximum absolute atomic E-state index is 13.8. The summed E-state index contributed by atoms with van der Waals surface area (Å²) in [6, 6.07) is 30.7. The monoisotopic (exact) mass is 626 g/mol. The van der Waals surface area contributed by atoms with Crippen molar-refractivity contribution in [2.24, 2.45) is 5.10 Å². The molecule has 10 nitrogen and oxygen atoms in total. The van der Waals surface area contributed by atoms with Crippen LogP contribution in [0, 0.1) is 0 Å². The van der Waals surface area contributed by atoms with Crippen LogP contribution in [-0.4, -0.2) is 52.3 Å². The van der Waals surface area contributed by atoms with Crippen LogP contribution in [0.15, 0.2) is 119 Å². The Morgan fingerprint density at radius 1 is 0.911 bits per heavy atom. The van der Waals surface area contributed by atoms with Gasteiger partial charge in [-0.15, -0.1) is 0 Å². The van der Waals surface area contributed by atoms with Gasteiger partial charge in [0.1, 0.15) is 5.75 Å². The second-order valence-corrected chi connectivity index (χ2v) is 12.2. The first-order chi connectivity index (χ1) is 21.9. The summed E-state index contributed by atoms with van der Waals surface area (Å²) < 4.78 is 40.0. The van der Waals surface area contributed by atoms with Crippen LogP contribution in [0.25, 0.3) is 0 Å². The van der Waals surface area contributed by atoms with Gasteiger partial charge in [-0.3, -0.25) is 13.9 Å². The van der Waals surface area contributed by atoms with Gasteiger partial charge in [0.05, 0.1) is 35.0 Å². The number of hydrogen-bond donors (Lipinski definition) is 2. The summed E-state index contributed by atoms with van der Waals surface area (Å²) >= 11 is 0. The van der Waals surface area contributed by atoms with Gasteiger partial charge in [0.25, 0.3) is 21.8 Å². The van der Waals surface area contributed by atoms with Gasteiger partial charge in [0.15, 0.2) is 6.61 Å². The quantitative estimate of drug-likeness (QED) is 0.166. The zero-order chi connectivity index (χ0) is 31.5. The Bertz CT molecular complexity index is 1710. The van der Waals surface area contributed by atoms with E-state index in [1.807, 2.05) is 30.3 Å². The van der Waals surface area contributed by atoms with Crippen LogP contribution in [0.3, 0.4) is 0 Å². The summed E-state index contributed by atoms with van der Waals surface area (Å²) in [5, 5.41) is 6.89. The second-order valence-electron chi connectivity index (χ2n) is 10.3. The molecule has 45 heavy (non-hydrogen) atoms. The molecule has 1 aliphatic rings. The zero-order valence-electron chi connectivity index (χ0n) is 24.5. The van der Waals surface area contributed by atoms with Crippen LogP contribution in [-0.2, 0) is 26.1 Å². The molecule has 0 aromatic heterocycles. The van der Waals surface area contributed by atoms with E-state index in [2.05, 4.69) is 15.8 Å². The average molecular weight is 627 g/mol. The number of amides is 2. The molecule has 0 bridgehead atoms. The molecular weight excluding hydrogens is 592 g/mol. The normalized spacial score (nSPS) is 14.6. The van der Waals surface area contributed by atoms with E-state index in [0.717, 1.165) is 25.0 Å². The summed E-state index contributed by atoms with van der Waals surface area (Å²) in [5.74, 6) is -0.286. The second kappa shape index (κ2) is 15.1. The van der Waals surface area contributed by atoms with Crippen molar-refractivity contribution in [1.29, 1.82) is 0 Å². The number of benzene rings is 4. The highest BCUT2D eigenvalue weighted by Gasteiger charge is 2.28. The molecule has 1 heterocycles. The highest BCUT2D eigenvalue weighted by atomic mass is 32.2. The summed E-state index contributed by atoms with van der Waals surface area (Å²) in [5.41, 5.74) is 4.31. The molecule has 1 aliphatic heterocycles. The van der Waals surface area contributed by atoms with E-state index in [1.165, 1.54) is 22.7 Å². The first kappa shape index (κ1) is 31.4. The largest absolute Gasteiger partial charge is 0.484 e. The number of nitrogens with zero attached hydrogens (tertiary/aromatic N) is 2. The van der Waals surface area contributed by atoms with Crippen LogP contribution < -0.4 is 19.8 Å². The molecular formula is C34H34N4O6S. The van der Waals surface area contributed by atoms with Crippen LogP contribution in [0.4, 0.5) is 5.69 Å². The van der Waals surface area contributed by atoms with Gasteiger partial charge in [-0.05, 0) is 72.5 Å². The number of hydrogen-bond acceptors (Lipinski definition) is 7. The molecule has 0 saturated carbocycles. The molecule has 11 heteroatoms. The van der Waals surface area contributed by atoms with Gasteiger partial charge >= 0.3 is 0 Å². The molecule has 5 rings (SSSR count). The lowest BCUT2D eigenvalue weighted by Crippen LogP contribution is -2.35. The lowest BCUT2D eigenvalue weighted by atomic mass is 10.1. The molecule has 1 saturated heterocycles. The fourth-order valence-electron chi connectivity index (χ4n) is 4.76. The number of carbonyl (C=O) groups excluding carboxylic acids is 2. The Hall–Kier alpha value is -5.00. The van der Waals surface area contributed by atoms with E-state index in [9.17, 15) is 18.0 Å². The number of hydrazone groups is 1. The van der Waals surface area contributed by atoms with E-state index in [0.29, 0.717) is 17.9 Å². The van der Waals surface area contributed by atoms with Crippen molar-refractivity contribution in [2.75, 3.05) is 24.1 Å². The number of carbonyl (C=O) groups is 2. The highest BCUT2D eigenvalue weighted by molar-refractivity contribution is 7.92. The molecule has 232 valence electrons. The molecule has 0 unspecified atom stereocenters. The van der Waals surface area contributed by atoms with Crippen LogP contribution in [0.1, 0.15) is 34.3 Å². The van der Waals surface area contributed by atoms with Gasteiger partial charge in [-0.1, -0.05) is 60.7 Å². The molecule has 4 aromatic rings. The number of rotatable bonds is 13. The third-order valence-corrected chi connectivity index (χ3v) is 8.87. The fraction of sp³-hybridized carbons (Fsp3) is 0.206. The fourth-order valence-corrected chi connectivity index (χ4v) is 6.25. The molecule has 0 spiro atoms. The lowest BCUT2D eigenvalue weighted by molar-refractivity contribution is -0.123. The van der Waals surface area contributed by atoms with Gasteiger partial charge in [-0.2, -0.15) is 5.10 Å². The number of ether oxygens (including phenoxy) is 2. The van der Waals surface area contributed by atoms with Gasteiger partial charge in [-0.25, -0.2) is 13.8 Å². The number of anilines is 1. The summed E-state index contributed by atoms with van der Waals surface area (Å²) in [6.07, 6.45) is 3.48. The third-order valence-electron chi connectivity index (χ3n) is 7.10. The Balaban J connectivity index is 1.24. The Kier molecular flexibility index (Phi) is 10.6. The first-order valence-electron chi connectivity index (χ1n) is 14.6. The van der Waals surface area contributed by atoms with Gasteiger partial charge in [0.2, 0.25) is 0 Å². The number of sulfonamides is 1. The number of para-hydroxylation sites is 1. The minimum atomic E-state index is -4.02. The molecule has 2 N–H and O–H groups in total. The summed E-state index contributed by atoms with van der Waals surface area (Å²) in [6.45, 7) is 1.12. The topological polar surface area (TPSA) is 126 Å². The highest BCUT2D eigenvalue weighted by Crippen LogP contribution is 2.29. The van der Waals surface area contributed by atoms with E-state index in [4.69, 9.17) is 9.47 Å². The Morgan fingerprint density at radius 2 is 1.60 bits per heavy atom. The van der Waals surface area contributed by atoms with E-state index >= 15 is 0 Å². The van der Waals surface area contributed by atoms with Crippen LogP contribution in [0.2, 0.25) is 0 Å². The first-order valence-corrected chi connectivity index (χ1v) is 16.0. The number of nitrogens with one attached hydrogen (secondary N) is 2. The van der Waals surface area contributed by atoms with Gasteiger partial charge < -0.3 is 14.8 Å². The molecule has 4 aromatic carbocycles. The molecule has 1 fully saturated rings. The standard InChI is InChI=1S/C34H34N4O6S/c39-33(35-23-29-12-9-21-43-29)25-44-28-19-17-26(18-20-28)22-36-37-34(40)31-15-7-8-16-32(31)38(24-27-10-3-1-4-11-27)45(41,42)30-13-5-2-6-14-30/h1-8,10-11,13-20,22,29H,9,12,21,23-25H2,(H,35,39)(H,37,40)/b36-22-/t29-/m1/s1. The van der Waals surface area contributed by atoms with E-state index in [1.54, 1.807) is 66.7 Å². The van der Waals surface area contributed by atoms with Crippen LogP contribution in [0.5, 0.6) is 5.75 Å². The zero-order valence-corrected chi connectivity index (χ0v) is 25.4. The average Bonchev–Trinajstić information content (AvgIpc) is 3.61. The molecule has 2 amide bonds. The smallest absolute Gasteiger partial charge is 0.273 e. The third kappa shape index (κ3) is 8.55. The van der Waals surface area contributed by atoms with Crippen molar-refractivity contribution in [3.63, 3.8) is 0 Å². The van der Waals surface area contributed by atoms with Crippen molar-refractivity contribution >= 4 is 33.7 Å².